The minimum Gasteiger partial charge on any atom is -0.344 e. The molecule has 0 saturated carbocycles. The topological polar surface area (TPSA) is 135 Å². The second kappa shape index (κ2) is 16.8. The van der Waals surface area contributed by atoms with Crippen LogP contribution in [0.2, 0.25) is 0 Å². The fraction of sp³-hybridized carbons (Fsp3) is 0.622. The maximum Gasteiger partial charge on any atom is 0.246 e. The third-order valence-electron chi connectivity index (χ3n) is 9.98. The Balaban J connectivity index is 1.68. The van der Waals surface area contributed by atoms with Crippen molar-refractivity contribution in [2.24, 2.45) is 11.8 Å². The van der Waals surface area contributed by atoms with Gasteiger partial charge in [-0.3, -0.25) is 28.8 Å². The highest BCUT2D eigenvalue weighted by atomic mass is 16.2. The lowest BCUT2D eigenvalue weighted by Gasteiger charge is -2.39. The number of Topliss-reactive ketones (excluding diaryl/α,β-unsaturated/α-hetero) is 3. The van der Waals surface area contributed by atoms with Crippen LogP contribution in [0.1, 0.15) is 104 Å². The molecule has 0 radical (unpaired) electrons. The zero-order valence-corrected chi connectivity index (χ0v) is 28.5. The van der Waals surface area contributed by atoms with Gasteiger partial charge in [0.2, 0.25) is 17.7 Å². The monoisotopic (exact) mass is 648 g/mol. The van der Waals surface area contributed by atoms with Crippen molar-refractivity contribution in [3.8, 4) is 0 Å². The molecule has 3 amide bonds. The number of nitrogens with zero attached hydrogens (tertiary/aromatic N) is 2. The Hall–Kier alpha value is -3.82. The number of aromatic nitrogens is 1. The summed E-state index contributed by atoms with van der Waals surface area (Å²) in [5.41, 5.74) is 1.65. The molecule has 2 aliphatic rings. The van der Waals surface area contributed by atoms with Crippen molar-refractivity contribution in [2.45, 2.75) is 129 Å². The summed E-state index contributed by atoms with van der Waals surface area (Å²) in [5, 5.41) is 6.87. The minimum atomic E-state index is -1.00. The summed E-state index contributed by atoms with van der Waals surface area (Å²) in [4.78, 5) is 81.6. The number of carbonyl (C=O) groups excluding carboxylic acids is 6. The molecule has 3 heterocycles. The van der Waals surface area contributed by atoms with E-state index in [4.69, 9.17) is 0 Å². The number of amides is 3. The molecule has 0 bridgehead atoms. The van der Waals surface area contributed by atoms with Crippen molar-refractivity contribution >= 4 is 46.0 Å². The van der Waals surface area contributed by atoms with Gasteiger partial charge in [-0.05, 0) is 56.6 Å². The molecular formula is C37H52N4O6. The fourth-order valence-electron chi connectivity index (χ4n) is 6.99. The Morgan fingerprint density at radius 3 is 2.47 bits per heavy atom. The van der Waals surface area contributed by atoms with E-state index in [-0.39, 0.29) is 54.5 Å². The maximum atomic E-state index is 14.1. The quantitative estimate of drug-likeness (QED) is 0.303. The Labute approximate surface area is 278 Å². The van der Waals surface area contributed by atoms with Gasteiger partial charge in [0.15, 0.2) is 5.78 Å². The number of rotatable bonds is 13. The Morgan fingerprint density at radius 2 is 1.74 bits per heavy atom. The SMILES string of the molecule is CCC(=O)CCCCC[C@@H]1CC(=O)[C@H]2CCCCN2C(=O)[C@H](C(C)CC)NC(=O)[C@H](Cc2cn(CC(C)=O)c3ccccc23)NC1=O. The second-order valence-corrected chi connectivity index (χ2v) is 13.5. The van der Waals surface area contributed by atoms with Crippen LogP contribution >= 0.6 is 0 Å². The van der Waals surface area contributed by atoms with E-state index < -0.39 is 30.0 Å². The molecule has 0 aliphatic carbocycles. The normalized spacial score (nSPS) is 23.4. The first-order valence-corrected chi connectivity index (χ1v) is 17.6. The number of nitrogens with one attached hydrogen (secondary N) is 2. The molecular weight excluding hydrogens is 596 g/mol. The van der Waals surface area contributed by atoms with Gasteiger partial charge in [-0.15, -0.1) is 0 Å². The van der Waals surface area contributed by atoms with E-state index in [1.54, 1.807) is 4.90 Å². The molecule has 2 aromatic rings. The van der Waals surface area contributed by atoms with E-state index in [0.717, 1.165) is 42.1 Å². The number of ketones is 3. The van der Waals surface area contributed by atoms with Crippen LogP contribution < -0.4 is 10.6 Å². The zero-order valence-electron chi connectivity index (χ0n) is 28.5. The molecule has 4 rings (SSSR count). The van der Waals surface area contributed by atoms with Crippen LogP contribution in [-0.4, -0.2) is 69.2 Å². The van der Waals surface area contributed by atoms with Crippen LogP contribution in [0.5, 0.6) is 0 Å². The lowest BCUT2D eigenvalue weighted by Crippen LogP contribution is -2.61. The zero-order chi connectivity index (χ0) is 34.1. The van der Waals surface area contributed by atoms with E-state index in [0.29, 0.717) is 45.1 Å². The van der Waals surface area contributed by atoms with Crippen molar-refractivity contribution in [3.05, 3.63) is 36.0 Å². The molecule has 0 spiro atoms. The molecule has 10 nitrogen and oxygen atoms in total. The molecule has 5 atom stereocenters. The summed E-state index contributed by atoms with van der Waals surface area (Å²) in [5.74, 6) is -1.81. The first kappa shape index (κ1) is 36.0. The Kier molecular flexibility index (Phi) is 12.9. The predicted octanol–water partition coefficient (Wildman–Crippen LogP) is 4.69. The van der Waals surface area contributed by atoms with Crippen molar-refractivity contribution in [2.75, 3.05) is 6.54 Å². The van der Waals surface area contributed by atoms with E-state index in [2.05, 4.69) is 10.6 Å². The van der Waals surface area contributed by atoms with E-state index in [1.165, 1.54) is 6.92 Å². The highest BCUT2D eigenvalue weighted by Gasteiger charge is 2.41. The Morgan fingerprint density at radius 1 is 0.979 bits per heavy atom. The standard InChI is InChI=1S/C37H52N4O6/c1-5-24(3)34-37(47)41-19-13-12-18-32(41)33(44)21-26(14-8-7-9-15-28(43)6-2)35(45)38-30(36(46)39-34)20-27-23-40(22-25(4)42)31-17-11-10-16-29(27)31/h10-11,16-17,23-24,26,30,32,34H,5-9,12-15,18-22H2,1-4H3,(H,38,45)(H,39,46)/t24?,26-,30+,32-,34+/m1/s1. The van der Waals surface area contributed by atoms with E-state index in [1.807, 2.05) is 55.8 Å². The highest BCUT2D eigenvalue weighted by Crippen LogP contribution is 2.27. The molecule has 10 heteroatoms. The van der Waals surface area contributed by atoms with Crippen LogP contribution in [0.3, 0.4) is 0 Å². The van der Waals surface area contributed by atoms with Crippen molar-refractivity contribution in [1.82, 2.24) is 20.1 Å². The van der Waals surface area contributed by atoms with Crippen LogP contribution in [0, 0.1) is 11.8 Å². The average molecular weight is 649 g/mol. The van der Waals surface area contributed by atoms with Crippen LogP contribution in [0.15, 0.2) is 30.5 Å². The van der Waals surface area contributed by atoms with E-state index in [9.17, 15) is 28.8 Å². The third-order valence-corrected chi connectivity index (χ3v) is 9.98. The van der Waals surface area contributed by atoms with Crippen molar-refractivity contribution in [3.63, 3.8) is 0 Å². The van der Waals surface area contributed by atoms with Gasteiger partial charge in [-0.1, -0.05) is 58.2 Å². The molecule has 1 aromatic heterocycles. The number of fused-ring (bicyclic) bond motifs is 2. The van der Waals surface area contributed by atoms with Crippen LogP contribution in [0.4, 0.5) is 0 Å². The summed E-state index contributed by atoms with van der Waals surface area (Å²) in [6.07, 6.45) is 8.40. The lowest BCUT2D eigenvalue weighted by atomic mass is 9.87. The van der Waals surface area contributed by atoms with Gasteiger partial charge in [0, 0.05) is 55.2 Å². The van der Waals surface area contributed by atoms with Crippen LogP contribution in [0.25, 0.3) is 10.9 Å². The van der Waals surface area contributed by atoms with Gasteiger partial charge in [0.25, 0.3) is 0 Å². The second-order valence-electron chi connectivity index (χ2n) is 13.5. The van der Waals surface area contributed by atoms with Gasteiger partial charge in [-0.2, -0.15) is 0 Å². The fourth-order valence-corrected chi connectivity index (χ4v) is 6.99. The number of carbonyl (C=O) groups is 6. The van der Waals surface area contributed by atoms with E-state index >= 15 is 0 Å². The maximum absolute atomic E-state index is 14.1. The van der Waals surface area contributed by atoms with Gasteiger partial charge >= 0.3 is 0 Å². The third kappa shape index (κ3) is 9.17. The minimum absolute atomic E-state index is 0.00553. The van der Waals surface area contributed by atoms with Crippen molar-refractivity contribution < 1.29 is 28.8 Å². The molecule has 256 valence electrons. The average Bonchev–Trinajstić information content (AvgIpc) is 3.40. The van der Waals surface area contributed by atoms with Gasteiger partial charge in [0.05, 0.1) is 12.6 Å². The Bertz CT molecular complexity index is 1460. The summed E-state index contributed by atoms with van der Waals surface area (Å²) >= 11 is 0. The molecule has 1 aromatic carbocycles. The van der Waals surface area contributed by atoms with Gasteiger partial charge in [0.1, 0.15) is 23.7 Å². The molecule has 2 aliphatic heterocycles. The number of benzene rings is 1. The number of unbranched alkanes of at least 4 members (excludes halogenated alkanes) is 2. The summed E-state index contributed by atoms with van der Waals surface area (Å²) in [6, 6.07) is 5.19. The smallest absolute Gasteiger partial charge is 0.246 e. The molecule has 2 saturated heterocycles. The first-order chi connectivity index (χ1) is 22.5. The highest BCUT2D eigenvalue weighted by molar-refractivity contribution is 5.98. The summed E-state index contributed by atoms with van der Waals surface area (Å²) in [6.45, 7) is 7.88. The first-order valence-electron chi connectivity index (χ1n) is 17.6. The molecule has 47 heavy (non-hydrogen) atoms. The number of piperidine rings is 1. The number of hydrogen-bond acceptors (Lipinski definition) is 6. The lowest BCUT2D eigenvalue weighted by molar-refractivity contribution is -0.147. The number of para-hydroxylation sites is 1. The molecule has 2 fully saturated rings. The van der Waals surface area contributed by atoms with Crippen molar-refractivity contribution in [1.29, 1.82) is 0 Å². The predicted molar refractivity (Wildman–Crippen MR) is 180 cm³/mol. The summed E-state index contributed by atoms with van der Waals surface area (Å²) < 4.78 is 1.86. The van der Waals surface area contributed by atoms with Gasteiger partial charge in [-0.25, -0.2) is 0 Å². The molecule has 1 unspecified atom stereocenters. The largest absolute Gasteiger partial charge is 0.344 e. The number of hydrogen-bond donors (Lipinski definition) is 2. The molecule has 2 N–H and O–H groups in total. The van der Waals surface area contributed by atoms with Crippen LogP contribution in [-0.2, 0) is 41.7 Å². The summed E-state index contributed by atoms with van der Waals surface area (Å²) in [7, 11) is 0. The van der Waals surface area contributed by atoms with Gasteiger partial charge < -0.3 is 20.1 Å².